The van der Waals surface area contributed by atoms with Gasteiger partial charge in [-0.25, -0.2) is 0 Å². The molecule has 18 heavy (non-hydrogen) atoms. The summed E-state index contributed by atoms with van der Waals surface area (Å²) in [5.41, 5.74) is 5.47. The summed E-state index contributed by atoms with van der Waals surface area (Å²) in [6, 6.07) is 3.19. The Labute approximate surface area is 106 Å². The van der Waals surface area contributed by atoms with E-state index in [0.29, 0.717) is 0 Å². The number of ether oxygens (including phenoxy) is 1. The Balaban J connectivity index is 3.05. The van der Waals surface area contributed by atoms with E-state index in [-0.39, 0.29) is 10.2 Å². The van der Waals surface area contributed by atoms with E-state index in [4.69, 9.17) is 5.73 Å². The van der Waals surface area contributed by atoms with Gasteiger partial charge in [0.1, 0.15) is 5.75 Å². The minimum atomic E-state index is -5.56. The van der Waals surface area contributed by atoms with Gasteiger partial charge in [0.05, 0.1) is 4.47 Å². The van der Waals surface area contributed by atoms with Crippen LogP contribution in [0, 0.1) is 0 Å². The highest BCUT2D eigenvalue weighted by Crippen LogP contribution is 2.38. The van der Waals surface area contributed by atoms with Crippen LogP contribution in [0.5, 0.6) is 5.75 Å². The van der Waals surface area contributed by atoms with Gasteiger partial charge in [0, 0.05) is 5.69 Å². The second-order valence-electron chi connectivity index (χ2n) is 3.27. The van der Waals surface area contributed by atoms with Gasteiger partial charge in [0.25, 0.3) is 6.10 Å². The van der Waals surface area contributed by atoms with Crippen molar-refractivity contribution in [1.82, 2.24) is 0 Å². The van der Waals surface area contributed by atoms with Crippen molar-refractivity contribution in [3.8, 4) is 5.75 Å². The molecular formula is C9H6BrF6NO. The number of anilines is 1. The van der Waals surface area contributed by atoms with E-state index in [1.807, 2.05) is 0 Å². The third-order valence-corrected chi connectivity index (χ3v) is 2.42. The van der Waals surface area contributed by atoms with Gasteiger partial charge in [-0.05, 0) is 34.1 Å². The molecule has 0 bridgehead atoms. The Morgan fingerprint density at radius 2 is 1.56 bits per heavy atom. The van der Waals surface area contributed by atoms with Crippen LogP contribution in [0.1, 0.15) is 0 Å². The molecule has 1 aromatic carbocycles. The molecule has 0 amide bonds. The summed E-state index contributed by atoms with van der Waals surface area (Å²) in [4.78, 5) is 0. The SMILES string of the molecule is Nc1ccc(OC(C(F)(F)F)C(F)(F)F)c(Br)c1. The lowest BCUT2D eigenvalue weighted by Crippen LogP contribution is -2.46. The largest absolute Gasteiger partial charge is 0.470 e. The van der Waals surface area contributed by atoms with E-state index >= 15 is 0 Å². The van der Waals surface area contributed by atoms with Gasteiger partial charge in [-0.2, -0.15) is 26.3 Å². The molecular weight excluding hydrogens is 332 g/mol. The van der Waals surface area contributed by atoms with Crippen LogP contribution in [0.25, 0.3) is 0 Å². The molecule has 0 aromatic heterocycles. The van der Waals surface area contributed by atoms with Crippen LogP contribution in [-0.4, -0.2) is 18.5 Å². The van der Waals surface area contributed by atoms with Crippen LogP contribution >= 0.6 is 15.9 Å². The fourth-order valence-electron chi connectivity index (χ4n) is 1.06. The Kier molecular flexibility index (Phi) is 4.04. The highest BCUT2D eigenvalue weighted by atomic mass is 79.9. The maximum atomic E-state index is 12.2. The Hall–Kier alpha value is -1.12. The molecule has 0 spiro atoms. The summed E-state index contributed by atoms with van der Waals surface area (Å²) in [7, 11) is 0. The molecule has 1 aromatic rings. The highest BCUT2D eigenvalue weighted by molar-refractivity contribution is 9.10. The third-order valence-electron chi connectivity index (χ3n) is 1.80. The monoisotopic (exact) mass is 337 g/mol. The van der Waals surface area contributed by atoms with Crippen LogP contribution in [-0.2, 0) is 0 Å². The molecule has 0 saturated carbocycles. The summed E-state index contributed by atoms with van der Waals surface area (Å²) in [5, 5.41) is 0. The van der Waals surface area contributed by atoms with E-state index in [1.54, 1.807) is 0 Å². The zero-order valence-corrected chi connectivity index (χ0v) is 10.0. The third kappa shape index (κ3) is 3.69. The van der Waals surface area contributed by atoms with E-state index in [9.17, 15) is 26.3 Å². The van der Waals surface area contributed by atoms with Crippen molar-refractivity contribution in [2.45, 2.75) is 18.5 Å². The fraction of sp³-hybridized carbons (Fsp3) is 0.333. The predicted molar refractivity (Wildman–Crippen MR) is 55.1 cm³/mol. The summed E-state index contributed by atoms with van der Waals surface area (Å²) >= 11 is 2.77. The van der Waals surface area contributed by atoms with Crippen LogP contribution in [0.4, 0.5) is 32.0 Å². The Bertz CT molecular complexity index is 416. The number of halogens is 7. The van der Waals surface area contributed by atoms with Gasteiger partial charge >= 0.3 is 12.4 Å². The first kappa shape index (κ1) is 14.9. The van der Waals surface area contributed by atoms with Gasteiger partial charge in [-0.1, -0.05) is 0 Å². The number of alkyl halides is 6. The summed E-state index contributed by atoms with van der Waals surface area (Å²) in [6.45, 7) is 0. The number of rotatable bonds is 2. The van der Waals surface area contributed by atoms with Crippen LogP contribution in [0.3, 0.4) is 0 Å². The minimum absolute atomic E-state index is 0.0963. The molecule has 2 N–H and O–H groups in total. The molecule has 0 aliphatic rings. The van der Waals surface area contributed by atoms with Crippen molar-refractivity contribution < 1.29 is 31.1 Å². The van der Waals surface area contributed by atoms with Crippen LogP contribution in [0.2, 0.25) is 0 Å². The lowest BCUT2D eigenvalue weighted by atomic mass is 10.3. The first-order chi connectivity index (χ1) is 8.01. The molecule has 0 aliphatic heterocycles. The molecule has 0 radical (unpaired) electrons. The second-order valence-corrected chi connectivity index (χ2v) is 4.13. The first-order valence-electron chi connectivity index (χ1n) is 4.37. The topological polar surface area (TPSA) is 35.2 Å². The summed E-state index contributed by atoms with van der Waals surface area (Å²) in [5.74, 6) is -0.594. The number of benzene rings is 1. The van der Waals surface area contributed by atoms with Crippen molar-refractivity contribution >= 4 is 21.6 Å². The van der Waals surface area contributed by atoms with Crippen molar-refractivity contribution in [3.63, 3.8) is 0 Å². The van der Waals surface area contributed by atoms with Crippen molar-refractivity contribution in [2.24, 2.45) is 0 Å². The Morgan fingerprint density at radius 3 is 1.94 bits per heavy atom. The van der Waals surface area contributed by atoms with E-state index in [1.165, 1.54) is 0 Å². The van der Waals surface area contributed by atoms with Gasteiger partial charge < -0.3 is 10.5 Å². The molecule has 0 aliphatic carbocycles. The summed E-state index contributed by atoms with van der Waals surface area (Å²) < 4.78 is 77.2. The zero-order chi connectivity index (χ0) is 14.1. The average Bonchev–Trinajstić information content (AvgIpc) is 2.12. The molecule has 9 heteroatoms. The first-order valence-corrected chi connectivity index (χ1v) is 5.16. The van der Waals surface area contributed by atoms with Crippen molar-refractivity contribution in [1.29, 1.82) is 0 Å². The lowest BCUT2D eigenvalue weighted by molar-refractivity contribution is -0.300. The molecule has 0 fully saturated rings. The summed E-state index contributed by atoms with van der Waals surface area (Å²) in [6.07, 6.45) is -15.0. The van der Waals surface area contributed by atoms with E-state index < -0.39 is 24.2 Å². The minimum Gasteiger partial charge on any atom is -0.470 e. The Morgan fingerprint density at radius 1 is 1.06 bits per heavy atom. The molecule has 2 nitrogen and oxygen atoms in total. The predicted octanol–water partition coefficient (Wildman–Crippen LogP) is 3.90. The fourth-order valence-corrected chi connectivity index (χ4v) is 1.55. The number of nitrogen functional groups attached to an aromatic ring is 1. The van der Waals surface area contributed by atoms with Crippen molar-refractivity contribution in [3.05, 3.63) is 22.7 Å². The quantitative estimate of drug-likeness (QED) is 0.656. The standard InChI is InChI=1S/C9H6BrF6NO/c10-5-3-4(17)1-2-6(5)18-7(8(11,12)13)9(14,15)16/h1-3,7H,17H2. The molecule has 0 unspecified atom stereocenters. The highest BCUT2D eigenvalue weighted by Gasteiger charge is 2.59. The van der Waals surface area contributed by atoms with Gasteiger partial charge in [-0.15, -0.1) is 0 Å². The number of nitrogens with two attached hydrogens (primary N) is 1. The van der Waals surface area contributed by atoms with E-state index in [2.05, 4.69) is 20.7 Å². The van der Waals surface area contributed by atoms with E-state index in [0.717, 1.165) is 18.2 Å². The molecule has 102 valence electrons. The van der Waals surface area contributed by atoms with Gasteiger partial charge in [0.2, 0.25) is 0 Å². The average molecular weight is 338 g/mol. The second kappa shape index (κ2) is 4.87. The molecule has 0 atom stereocenters. The maximum Gasteiger partial charge on any atom is 0.434 e. The number of hydrogen-bond donors (Lipinski definition) is 1. The smallest absolute Gasteiger partial charge is 0.434 e. The zero-order valence-electron chi connectivity index (χ0n) is 8.44. The van der Waals surface area contributed by atoms with Gasteiger partial charge in [0.15, 0.2) is 0 Å². The molecule has 0 saturated heterocycles. The van der Waals surface area contributed by atoms with Crippen molar-refractivity contribution in [2.75, 3.05) is 5.73 Å². The number of hydrogen-bond acceptors (Lipinski definition) is 2. The lowest BCUT2D eigenvalue weighted by Gasteiger charge is -2.24. The van der Waals surface area contributed by atoms with Crippen LogP contribution in [0.15, 0.2) is 22.7 Å². The normalized spacial score (nSPS) is 12.9. The van der Waals surface area contributed by atoms with Crippen LogP contribution < -0.4 is 10.5 Å². The molecule has 0 heterocycles. The molecule has 1 rings (SSSR count). The van der Waals surface area contributed by atoms with Gasteiger partial charge in [-0.3, -0.25) is 0 Å². The maximum absolute atomic E-state index is 12.2.